The summed E-state index contributed by atoms with van der Waals surface area (Å²) in [6.07, 6.45) is 4.07. The third-order valence-corrected chi connectivity index (χ3v) is 1.64. The number of halogens is 1. The smallest absolute Gasteiger partial charge is 0.356 e. The molecule has 0 aliphatic rings. The average Bonchev–Trinajstić information content (AvgIpc) is 2.16. The molecule has 1 N–H and O–H groups in total. The molecule has 0 radical (unpaired) electrons. The lowest BCUT2D eigenvalue weighted by Gasteiger charge is -1.99. The van der Waals surface area contributed by atoms with Crippen LogP contribution in [0.1, 0.15) is 32.6 Å². The predicted molar refractivity (Wildman–Crippen MR) is 51.1 cm³/mol. The molecule has 5 heteroatoms. The molecule has 0 spiro atoms. The van der Waals surface area contributed by atoms with Gasteiger partial charge in [-0.15, -0.1) is 0 Å². The van der Waals surface area contributed by atoms with Gasteiger partial charge in [0.2, 0.25) is 0 Å². The van der Waals surface area contributed by atoms with Crippen LogP contribution in [0.4, 0.5) is 4.39 Å². The van der Waals surface area contributed by atoms with Crippen LogP contribution in [-0.4, -0.2) is 30.1 Å². The first kappa shape index (κ1) is 12.9. The van der Waals surface area contributed by atoms with Gasteiger partial charge in [0.15, 0.2) is 5.71 Å². The molecule has 0 amide bonds. The Balaban J connectivity index is 3.53. The van der Waals surface area contributed by atoms with E-state index in [1.54, 1.807) is 0 Å². The fourth-order valence-corrected chi connectivity index (χ4v) is 0.838. The monoisotopic (exact) mass is 205 g/mol. The SMILES string of the molecule is CCCCCCO/N=C(\CF)C(=O)O. The van der Waals surface area contributed by atoms with Crippen LogP contribution in [0.5, 0.6) is 0 Å². The van der Waals surface area contributed by atoms with Gasteiger partial charge in [-0.25, -0.2) is 9.18 Å². The normalized spacial score (nSPS) is 11.4. The Morgan fingerprint density at radius 2 is 2.14 bits per heavy atom. The van der Waals surface area contributed by atoms with Crippen molar-refractivity contribution in [1.82, 2.24) is 0 Å². The molecule has 0 aromatic carbocycles. The van der Waals surface area contributed by atoms with Crippen molar-refractivity contribution in [3.8, 4) is 0 Å². The van der Waals surface area contributed by atoms with E-state index in [-0.39, 0.29) is 0 Å². The van der Waals surface area contributed by atoms with Gasteiger partial charge >= 0.3 is 5.97 Å². The van der Waals surface area contributed by atoms with Gasteiger partial charge in [-0.2, -0.15) is 0 Å². The molecule has 0 aliphatic carbocycles. The van der Waals surface area contributed by atoms with E-state index >= 15 is 0 Å². The molecule has 0 fully saturated rings. The Morgan fingerprint density at radius 1 is 1.43 bits per heavy atom. The zero-order chi connectivity index (χ0) is 10.8. The number of carboxylic acid groups (broad SMARTS) is 1. The molecular weight excluding hydrogens is 189 g/mol. The zero-order valence-electron chi connectivity index (χ0n) is 8.33. The first-order valence-electron chi connectivity index (χ1n) is 4.70. The quantitative estimate of drug-likeness (QED) is 0.374. The van der Waals surface area contributed by atoms with Crippen LogP contribution < -0.4 is 0 Å². The summed E-state index contributed by atoms with van der Waals surface area (Å²) in [4.78, 5) is 14.9. The Hall–Kier alpha value is -1.13. The van der Waals surface area contributed by atoms with Crippen molar-refractivity contribution in [3.05, 3.63) is 0 Å². The molecule has 0 bridgehead atoms. The number of rotatable bonds is 8. The van der Waals surface area contributed by atoms with Gasteiger partial charge in [-0.05, 0) is 12.8 Å². The topological polar surface area (TPSA) is 58.9 Å². The predicted octanol–water partition coefficient (Wildman–Crippen LogP) is 1.99. The Kier molecular flexibility index (Phi) is 7.78. The lowest BCUT2D eigenvalue weighted by atomic mass is 10.2. The van der Waals surface area contributed by atoms with Gasteiger partial charge in [-0.3, -0.25) is 0 Å². The number of carboxylic acids is 1. The summed E-state index contributed by atoms with van der Waals surface area (Å²) < 4.78 is 11.9. The first-order chi connectivity index (χ1) is 6.72. The van der Waals surface area contributed by atoms with Crippen LogP contribution in [-0.2, 0) is 9.63 Å². The molecule has 0 heterocycles. The maximum absolute atomic E-state index is 11.9. The van der Waals surface area contributed by atoms with E-state index < -0.39 is 18.4 Å². The van der Waals surface area contributed by atoms with Crippen molar-refractivity contribution in [2.45, 2.75) is 32.6 Å². The molecule has 14 heavy (non-hydrogen) atoms. The fourth-order valence-electron chi connectivity index (χ4n) is 0.838. The van der Waals surface area contributed by atoms with Crippen molar-refractivity contribution in [2.75, 3.05) is 13.3 Å². The summed E-state index contributed by atoms with van der Waals surface area (Å²) in [5.41, 5.74) is -0.583. The molecule has 0 saturated carbocycles. The number of aliphatic carboxylic acids is 1. The molecule has 4 nitrogen and oxygen atoms in total. The number of alkyl halides is 1. The van der Waals surface area contributed by atoms with E-state index in [1.807, 2.05) is 0 Å². The van der Waals surface area contributed by atoms with E-state index in [0.717, 1.165) is 25.7 Å². The minimum Gasteiger partial charge on any atom is -0.477 e. The average molecular weight is 205 g/mol. The summed E-state index contributed by atoms with van der Waals surface area (Å²) in [6, 6.07) is 0. The van der Waals surface area contributed by atoms with Crippen LogP contribution in [0, 0.1) is 0 Å². The van der Waals surface area contributed by atoms with Gasteiger partial charge in [0.05, 0.1) is 0 Å². The summed E-state index contributed by atoms with van der Waals surface area (Å²) in [7, 11) is 0. The minimum atomic E-state index is -1.37. The second-order valence-corrected chi connectivity index (χ2v) is 2.87. The van der Waals surface area contributed by atoms with Crippen molar-refractivity contribution < 1.29 is 19.1 Å². The maximum Gasteiger partial charge on any atom is 0.356 e. The largest absolute Gasteiger partial charge is 0.477 e. The van der Waals surface area contributed by atoms with Crippen LogP contribution in [0.25, 0.3) is 0 Å². The van der Waals surface area contributed by atoms with Gasteiger partial charge in [0.1, 0.15) is 13.3 Å². The van der Waals surface area contributed by atoms with Crippen LogP contribution in [0.15, 0.2) is 5.16 Å². The highest BCUT2D eigenvalue weighted by Crippen LogP contribution is 1.99. The van der Waals surface area contributed by atoms with Crippen LogP contribution >= 0.6 is 0 Å². The summed E-state index contributed by atoms with van der Waals surface area (Å²) >= 11 is 0. The third-order valence-electron chi connectivity index (χ3n) is 1.64. The highest BCUT2D eigenvalue weighted by Gasteiger charge is 2.08. The molecular formula is C9H16FNO3. The van der Waals surface area contributed by atoms with E-state index in [0.29, 0.717) is 6.61 Å². The summed E-state index contributed by atoms with van der Waals surface area (Å²) in [5, 5.41) is 11.5. The molecule has 82 valence electrons. The Morgan fingerprint density at radius 3 is 2.64 bits per heavy atom. The molecule has 0 unspecified atom stereocenters. The number of nitrogens with zero attached hydrogens (tertiary/aromatic N) is 1. The van der Waals surface area contributed by atoms with E-state index in [4.69, 9.17) is 5.11 Å². The van der Waals surface area contributed by atoms with Crippen molar-refractivity contribution in [3.63, 3.8) is 0 Å². The van der Waals surface area contributed by atoms with Gasteiger partial charge in [0.25, 0.3) is 0 Å². The first-order valence-corrected chi connectivity index (χ1v) is 4.70. The van der Waals surface area contributed by atoms with Gasteiger partial charge in [0, 0.05) is 0 Å². The molecule has 0 aromatic rings. The number of carbonyl (C=O) groups is 1. The molecule has 0 aliphatic heterocycles. The number of hydrogen-bond donors (Lipinski definition) is 1. The second-order valence-electron chi connectivity index (χ2n) is 2.87. The van der Waals surface area contributed by atoms with E-state index in [9.17, 15) is 9.18 Å². The summed E-state index contributed by atoms with van der Waals surface area (Å²) in [5.74, 6) is -1.37. The standard InChI is InChI=1S/C9H16FNO3/c1-2-3-4-5-6-14-11-8(7-10)9(12)13/h2-7H2,1H3,(H,12,13)/b11-8+. The van der Waals surface area contributed by atoms with Crippen molar-refractivity contribution >= 4 is 11.7 Å². The van der Waals surface area contributed by atoms with Gasteiger partial charge in [-0.1, -0.05) is 24.9 Å². The second kappa shape index (κ2) is 8.47. The zero-order valence-corrected chi connectivity index (χ0v) is 8.33. The summed E-state index contributed by atoms with van der Waals surface area (Å²) in [6.45, 7) is 1.33. The highest BCUT2D eigenvalue weighted by molar-refractivity contribution is 6.36. The number of hydrogen-bond acceptors (Lipinski definition) is 3. The Bertz CT molecular complexity index is 194. The molecule has 0 saturated heterocycles. The maximum atomic E-state index is 11.9. The Labute approximate surface area is 82.7 Å². The van der Waals surface area contributed by atoms with Crippen LogP contribution in [0.2, 0.25) is 0 Å². The molecule has 0 aromatic heterocycles. The number of unbranched alkanes of at least 4 members (excludes halogenated alkanes) is 3. The lowest BCUT2D eigenvalue weighted by molar-refractivity contribution is -0.129. The minimum absolute atomic E-state index is 0.344. The van der Waals surface area contributed by atoms with Crippen molar-refractivity contribution in [1.29, 1.82) is 0 Å². The molecule has 0 atom stereocenters. The lowest BCUT2D eigenvalue weighted by Crippen LogP contribution is -2.15. The van der Waals surface area contributed by atoms with E-state index in [2.05, 4.69) is 16.9 Å². The molecule has 0 rings (SSSR count). The fraction of sp³-hybridized carbons (Fsp3) is 0.778. The third kappa shape index (κ3) is 6.39. The highest BCUT2D eigenvalue weighted by atomic mass is 19.1. The van der Waals surface area contributed by atoms with Crippen LogP contribution in [0.3, 0.4) is 0 Å². The van der Waals surface area contributed by atoms with E-state index in [1.165, 1.54) is 0 Å². The van der Waals surface area contributed by atoms with Crippen molar-refractivity contribution in [2.24, 2.45) is 5.16 Å². The number of oxime groups is 1. The van der Waals surface area contributed by atoms with Gasteiger partial charge < -0.3 is 9.94 Å².